The second kappa shape index (κ2) is 6.95. The van der Waals surface area contributed by atoms with Crippen LogP contribution in [0.5, 0.6) is 6.01 Å². The van der Waals surface area contributed by atoms with E-state index in [0.717, 1.165) is 24.2 Å². The zero-order chi connectivity index (χ0) is 17.1. The van der Waals surface area contributed by atoms with Gasteiger partial charge in [-0.05, 0) is 51.0 Å². The first-order valence-corrected chi connectivity index (χ1v) is 8.05. The molecule has 1 atom stereocenters. The zero-order valence-electron chi connectivity index (χ0n) is 13.8. The van der Waals surface area contributed by atoms with Gasteiger partial charge in [0.2, 0.25) is 0 Å². The van der Waals surface area contributed by atoms with E-state index in [1.807, 2.05) is 19.9 Å². The Morgan fingerprint density at radius 2 is 2.00 bits per heavy atom. The third-order valence-corrected chi connectivity index (χ3v) is 3.97. The van der Waals surface area contributed by atoms with Crippen molar-refractivity contribution in [1.82, 2.24) is 14.9 Å². The molecule has 1 unspecified atom stereocenters. The molecule has 1 saturated heterocycles. The van der Waals surface area contributed by atoms with Crippen LogP contribution in [0.25, 0.3) is 0 Å². The molecule has 0 radical (unpaired) electrons. The van der Waals surface area contributed by atoms with E-state index in [0.29, 0.717) is 24.7 Å². The molecule has 1 aromatic heterocycles. The summed E-state index contributed by atoms with van der Waals surface area (Å²) >= 11 is 0. The molecule has 0 saturated carbocycles. The number of ether oxygens (including phenoxy) is 1. The number of benzene rings is 1. The van der Waals surface area contributed by atoms with Crippen molar-refractivity contribution in [3.63, 3.8) is 0 Å². The highest BCUT2D eigenvalue weighted by molar-refractivity contribution is 5.94. The van der Waals surface area contributed by atoms with Gasteiger partial charge in [-0.2, -0.15) is 0 Å². The number of halogens is 1. The highest BCUT2D eigenvalue weighted by Gasteiger charge is 2.26. The predicted octanol–water partition coefficient (Wildman–Crippen LogP) is 2.92. The van der Waals surface area contributed by atoms with Gasteiger partial charge in [-0.25, -0.2) is 14.4 Å². The van der Waals surface area contributed by atoms with E-state index in [2.05, 4.69) is 9.97 Å². The van der Waals surface area contributed by atoms with Crippen molar-refractivity contribution in [3.05, 3.63) is 53.1 Å². The molecule has 1 fully saturated rings. The van der Waals surface area contributed by atoms with Crippen molar-refractivity contribution >= 4 is 5.91 Å². The molecular formula is C18H20FN3O2. The summed E-state index contributed by atoms with van der Waals surface area (Å²) in [6, 6.07) is 7.99. The molecule has 2 heterocycles. The lowest BCUT2D eigenvalue weighted by atomic mass is 10.1. The van der Waals surface area contributed by atoms with E-state index in [4.69, 9.17) is 4.74 Å². The average Bonchev–Trinajstić information content (AvgIpc) is 2.53. The third kappa shape index (κ3) is 3.88. The van der Waals surface area contributed by atoms with Crippen molar-refractivity contribution in [2.24, 2.45) is 0 Å². The Labute approximate surface area is 140 Å². The molecule has 126 valence electrons. The molecule has 24 heavy (non-hydrogen) atoms. The fraction of sp³-hybridized carbons (Fsp3) is 0.389. The first kappa shape index (κ1) is 16.4. The standard InChI is InChI=1S/C18H20FN3O2/c1-12-9-13(2)21-18(20-12)24-16-7-4-8-22(11-16)17(23)14-5-3-6-15(19)10-14/h3,5-6,9-10,16H,4,7-8,11H2,1-2H3. The Morgan fingerprint density at radius 1 is 1.25 bits per heavy atom. The van der Waals surface area contributed by atoms with Crippen molar-refractivity contribution in [2.45, 2.75) is 32.8 Å². The summed E-state index contributed by atoms with van der Waals surface area (Å²) in [5.41, 5.74) is 2.06. The number of amides is 1. The SMILES string of the molecule is Cc1cc(C)nc(OC2CCCN(C(=O)c3cccc(F)c3)C2)n1. The molecule has 1 aliphatic heterocycles. The van der Waals surface area contributed by atoms with E-state index >= 15 is 0 Å². The van der Waals surface area contributed by atoms with Crippen LogP contribution < -0.4 is 4.74 Å². The number of hydrogen-bond acceptors (Lipinski definition) is 4. The van der Waals surface area contributed by atoms with Crippen LogP contribution in [0.2, 0.25) is 0 Å². The van der Waals surface area contributed by atoms with E-state index < -0.39 is 5.82 Å². The quantitative estimate of drug-likeness (QED) is 0.869. The van der Waals surface area contributed by atoms with Gasteiger partial charge in [0.15, 0.2) is 0 Å². The largest absolute Gasteiger partial charge is 0.458 e. The first-order valence-electron chi connectivity index (χ1n) is 8.05. The highest BCUT2D eigenvalue weighted by Crippen LogP contribution is 2.18. The lowest BCUT2D eigenvalue weighted by Gasteiger charge is -2.32. The summed E-state index contributed by atoms with van der Waals surface area (Å²) in [4.78, 5) is 22.8. The van der Waals surface area contributed by atoms with Gasteiger partial charge in [0.1, 0.15) is 11.9 Å². The maximum absolute atomic E-state index is 13.3. The van der Waals surface area contributed by atoms with Gasteiger partial charge in [-0.3, -0.25) is 4.79 Å². The molecule has 1 aromatic carbocycles. The number of likely N-dealkylation sites (tertiary alicyclic amines) is 1. The minimum Gasteiger partial charge on any atom is -0.458 e. The van der Waals surface area contributed by atoms with Crippen LogP contribution in [0.15, 0.2) is 30.3 Å². The summed E-state index contributed by atoms with van der Waals surface area (Å²) in [5.74, 6) is -0.585. The molecule has 5 nitrogen and oxygen atoms in total. The summed E-state index contributed by atoms with van der Waals surface area (Å²) in [6.07, 6.45) is 1.51. The lowest BCUT2D eigenvalue weighted by Crippen LogP contribution is -2.44. The molecule has 0 bridgehead atoms. The average molecular weight is 329 g/mol. The number of aryl methyl sites for hydroxylation is 2. The molecule has 2 aromatic rings. The summed E-state index contributed by atoms with van der Waals surface area (Å²) in [7, 11) is 0. The molecule has 0 N–H and O–H groups in total. The Kier molecular flexibility index (Phi) is 4.74. The summed E-state index contributed by atoms with van der Waals surface area (Å²) < 4.78 is 19.2. The number of piperidine rings is 1. The van der Waals surface area contributed by atoms with Crippen LogP contribution in [-0.4, -0.2) is 40.0 Å². The van der Waals surface area contributed by atoms with E-state index in [9.17, 15) is 9.18 Å². The Hall–Kier alpha value is -2.50. The van der Waals surface area contributed by atoms with Gasteiger partial charge in [-0.15, -0.1) is 0 Å². The fourth-order valence-corrected chi connectivity index (χ4v) is 2.92. The Bertz CT molecular complexity index is 731. The molecular weight excluding hydrogens is 309 g/mol. The number of hydrogen-bond donors (Lipinski definition) is 0. The minimum atomic E-state index is -0.408. The Balaban J connectivity index is 1.69. The lowest BCUT2D eigenvalue weighted by molar-refractivity contribution is 0.0514. The smallest absolute Gasteiger partial charge is 0.317 e. The summed E-state index contributed by atoms with van der Waals surface area (Å²) in [6.45, 7) is 4.87. The van der Waals surface area contributed by atoms with Gasteiger partial charge in [0, 0.05) is 23.5 Å². The number of nitrogens with zero attached hydrogens (tertiary/aromatic N) is 3. The van der Waals surface area contributed by atoms with Crippen molar-refractivity contribution in [3.8, 4) is 6.01 Å². The number of carbonyl (C=O) groups excluding carboxylic acids is 1. The molecule has 0 spiro atoms. The van der Waals surface area contributed by atoms with E-state index in [-0.39, 0.29) is 12.0 Å². The molecule has 1 amide bonds. The van der Waals surface area contributed by atoms with Crippen LogP contribution in [-0.2, 0) is 0 Å². The number of rotatable bonds is 3. The molecule has 6 heteroatoms. The second-order valence-corrected chi connectivity index (χ2v) is 6.08. The van der Waals surface area contributed by atoms with E-state index in [1.54, 1.807) is 17.0 Å². The van der Waals surface area contributed by atoms with Gasteiger partial charge >= 0.3 is 6.01 Å². The number of carbonyl (C=O) groups is 1. The minimum absolute atomic E-state index is 0.155. The van der Waals surface area contributed by atoms with Crippen LogP contribution in [0, 0.1) is 19.7 Å². The predicted molar refractivity (Wildman–Crippen MR) is 87.5 cm³/mol. The maximum Gasteiger partial charge on any atom is 0.317 e. The summed E-state index contributed by atoms with van der Waals surface area (Å²) in [5, 5.41) is 0. The fourth-order valence-electron chi connectivity index (χ4n) is 2.92. The molecule has 1 aliphatic rings. The van der Waals surface area contributed by atoms with Gasteiger partial charge < -0.3 is 9.64 Å². The van der Waals surface area contributed by atoms with Crippen LogP contribution >= 0.6 is 0 Å². The second-order valence-electron chi connectivity index (χ2n) is 6.08. The van der Waals surface area contributed by atoms with Crippen LogP contribution in [0.4, 0.5) is 4.39 Å². The maximum atomic E-state index is 13.3. The van der Waals surface area contributed by atoms with Crippen molar-refractivity contribution in [1.29, 1.82) is 0 Å². The third-order valence-electron chi connectivity index (χ3n) is 3.97. The van der Waals surface area contributed by atoms with Crippen LogP contribution in [0.3, 0.4) is 0 Å². The zero-order valence-corrected chi connectivity index (χ0v) is 13.8. The molecule has 0 aliphatic carbocycles. The first-order chi connectivity index (χ1) is 11.5. The van der Waals surface area contributed by atoms with Gasteiger partial charge in [0.25, 0.3) is 5.91 Å². The van der Waals surface area contributed by atoms with Crippen LogP contribution in [0.1, 0.15) is 34.6 Å². The van der Waals surface area contributed by atoms with Crippen molar-refractivity contribution < 1.29 is 13.9 Å². The van der Waals surface area contributed by atoms with Gasteiger partial charge in [-0.1, -0.05) is 6.07 Å². The topological polar surface area (TPSA) is 55.3 Å². The molecule has 3 rings (SSSR count). The number of aromatic nitrogens is 2. The highest BCUT2D eigenvalue weighted by atomic mass is 19.1. The normalized spacial score (nSPS) is 17.6. The van der Waals surface area contributed by atoms with E-state index in [1.165, 1.54) is 12.1 Å². The Morgan fingerprint density at radius 3 is 2.71 bits per heavy atom. The van der Waals surface area contributed by atoms with Gasteiger partial charge in [0.05, 0.1) is 6.54 Å². The van der Waals surface area contributed by atoms with Crippen molar-refractivity contribution in [2.75, 3.05) is 13.1 Å². The monoisotopic (exact) mass is 329 g/mol.